The van der Waals surface area contributed by atoms with Crippen LogP contribution in [0.3, 0.4) is 0 Å². The number of benzene rings is 3. The molecule has 0 saturated heterocycles. The molecule has 0 aliphatic rings. The fourth-order valence-electron chi connectivity index (χ4n) is 3.09. The number of hydrogen-bond acceptors (Lipinski definition) is 5. The summed E-state index contributed by atoms with van der Waals surface area (Å²) in [4.78, 5) is 12.3. The third-order valence-electron chi connectivity index (χ3n) is 4.72. The number of halogens is 1. The summed E-state index contributed by atoms with van der Waals surface area (Å²) in [7, 11) is 0. The van der Waals surface area contributed by atoms with Gasteiger partial charge in [0.05, 0.1) is 0 Å². The van der Waals surface area contributed by atoms with Crippen LogP contribution in [0.4, 0.5) is 10.1 Å². The average molecular weight is 431 g/mol. The van der Waals surface area contributed by atoms with Crippen LogP contribution < -0.4 is 10.1 Å². The Morgan fingerprint density at radius 3 is 2.59 bits per heavy atom. The molecule has 1 amide bonds. The monoisotopic (exact) mass is 431 g/mol. The first kappa shape index (κ1) is 21.2. The van der Waals surface area contributed by atoms with Crippen molar-refractivity contribution in [2.24, 2.45) is 0 Å². The maximum absolute atomic E-state index is 13.0. The Hall–Kier alpha value is -4.00. The van der Waals surface area contributed by atoms with E-state index >= 15 is 0 Å². The lowest BCUT2D eigenvalue weighted by Gasteiger charge is -2.09. The summed E-state index contributed by atoms with van der Waals surface area (Å²) in [6, 6.07) is 22.9. The van der Waals surface area contributed by atoms with Crippen molar-refractivity contribution in [2.75, 3.05) is 5.32 Å². The van der Waals surface area contributed by atoms with Crippen LogP contribution in [-0.2, 0) is 17.8 Å². The van der Waals surface area contributed by atoms with E-state index in [0.717, 1.165) is 11.1 Å². The average Bonchev–Trinajstić information content (AvgIpc) is 3.28. The van der Waals surface area contributed by atoms with Crippen LogP contribution in [-0.4, -0.2) is 16.1 Å². The highest BCUT2D eigenvalue weighted by Gasteiger charge is 2.10. The molecule has 32 heavy (non-hydrogen) atoms. The van der Waals surface area contributed by atoms with E-state index in [4.69, 9.17) is 9.15 Å². The minimum absolute atomic E-state index is 0.108. The van der Waals surface area contributed by atoms with E-state index in [1.807, 2.05) is 30.3 Å². The number of nitrogens with one attached hydrogen (secondary N) is 1. The lowest BCUT2D eigenvalue weighted by atomic mass is 10.2. The highest BCUT2D eigenvalue weighted by atomic mass is 19.1. The number of carbonyl (C=O) groups excluding carboxylic acids is 1. The van der Waals surface area contributed by atoms with Crippen molar-refractivity contribution in [3.05, 3.63) is 96.1 Å². The van der Waals surface area contributed by atoms with Crippen molar-refractivity contribution in [3.63, 3.8) is 0 Å². The fourth-order valence-corrected chi connectivity index (χ4v) is 3.09. The first-order chi connectivity index (χ1) is 15.7. The molecule has 0 fully saturated rings. The third-order valence-corrected chi connectivity index (χ3v) is 4.72. The smallest absolute Gasteiger partial charge is 0.247 e. The highest BCUT2D eigenvalue weighted by Crippen LogP contribution is 2.20. The quantitative estimate of drug-likeness (QED) is 0.383. The maximum Gasteiger partial charge on any atom is 0.247 e. The molecule has 0 radical (unpaired) electrons. The molecule has 0 aliphatic heterocycles. The minimum Gasteiger partial charge on any atom is -0.489 e. The Kier molecular flexibility index (Phi) is 6.87. The summed E-state index contributed by atoms with van der Waals surface area (Å²) in [5.41, 5.74) is 2.37. The summed E-state index contributed by atoms with van der Waals surface area (Å²) < 4.78 is 24.4. The van der Waals surface area contributed by atoms with E-state index in [0.29, 0.717) is 49.1 Å². The number of aryl methyl sites for hydroxylation is 1. The van der Waals surface area contributed by atoms with Gasteiger partial charge in [0.1, 0.15) is 18.2 Å². The van der Waals surface area contributed by atoms with Gasteiger partial charge in [0.15, 0.2) is 0 Å². The molecule has 0 unspecified atom stereocenters. The molecule has 0 atom stereocenters. The van der Waals surface area contributed by atoms with Gasteiger partial charge < -0.3 is 14.5 Å². The molecule has 1 N–H and O–H groups in total. The number of carbonyl (C=O) groups is 1. The van der Waals surface area contributed by atoms with Crippen molar-refractivity contribution in [1.82, 2.24) is 10.2 Å². The van der Waals surface area contributed by atoms with Crippen molar-refractivity contribution in [1.29, 1.82) is 0 Å². The van der Waals surface area contributed by atoms with Gasteiger partial charge in [0.25, 0.3) is 0 Å². The second kappa shape index (κ2) is 10.3. The molecule has 0 spiro atoms. The standard InChI is InChI=1S/C25H22FN3O3/c26-20-14-12-18(13-15-20)17-31-22-9-4-8-21(16-22)27-23(30)10-5-11-24-28-29-25(32-24)19-6-2-1-3-7-19/h1-4,6-9,12-16H,5,10-11,17H2,(H,27,30). The molecule has 0 saturated carbocycles. The van der Waals surface area contributed by atoms with Crippen molar-refractivity contribution in [3.8, 4) is 17.2 Å². The summed E-state index contributed by atoms with van der Waals surface area (Å²) in [5, 5.41) is 11.0. The maximum atomic E-state index is 13.0. The first-order valence-corrected chi connectivity index (χ1v) is 10.3. The van der Waals surface area contributed by atoms with Gasteiger partial charge >= 0.3 is 0 Å². The molecule has 7 heteroatoms. The van der Waals surface area contributed by atoms with Gasteiger partial charge in [0, 0.05) is 30.2 Å². The molecule has 3 aromatic carbocycles. The second-order valence-corrected chi connectivity index (χ2v) is 7.21. The van der Waals surface area contributed by atoms with E-state index in [1.165, 1.54) is 12.1 Å². The predicted octanol–water partition coefficient (Wildman–Crippen LogP) is 5.42. The van der Waals surface area contributed by atoms with E-state index in [1.54, 1.807) is 36.4 Å². The molecule has 6 nitrogen and oxygen atoms in total. The van der Waals surface area contributed by atoms with E-state index < -0.39 is 0 Å². The molecule has 4 rings (SSSR count). The number of aromatic nitrogens is 2. The van der Waals surface area contributed by atoms with Gasteiger partial charge in [-0.05, 0) is 48.4 Å². The second-order valence-electron chi connectivity index (χ2n) is 7.21. The molecule has 0 bridgehead atoms. The zero-order chi connectivity index (χ0) is 22.2. The fraction of sp³-hybridized carbons (Fsp3) is 0.160. The predicted molar refractivity (Wildman–Crippen MR) is 118 cm³/mol. The topological polar surface area (TPSA) is 77.2 Å². The molecule has 1 aromatic heterocycles. The molecular formula is C25H22FN3O3. The van der Waals surface area contributed by atoms with Gasteiger partial charge in [-0.25, -0.2) is 4.39 Å². The van der Waals surface area contributed by atoms with Crippen molar-refractivity contribution < 1.29 is 18.3 Å². The Morgan fingerprint density at radius 1 is 0.969 bits per heavy atom. The van der Waals surface area contributed by atoms with Crippen LogP contribution in [0.1, 0.15) is 24.3 Å². The highest BCUT2D eigenvalue weighted by molar-refractivity contribution is 5.90. The van der Waals surface area contributed by atoms with Crippen LogP contribution >= 0.6 is 0 Å². The molecule has 162 valence electrons. The van der Waals surface area contributed by atoms with E-state index in [2.05, 4.69) is 15.5 Å². The lowest BCUT2D eigenvalue weighted by molar-refractivity contribution is -0.116. The number of nitrogens with zero attached hydrogens (tertiary/aromatic N) is 2. The Labute approximate surface area is 185 Å². The number of anilines is 1. The molecule has 0 aliphatic carbocycles. The molecular weight excluding hydrogens is 409 g/mol. The van der Waals surface area contributed by atoms with Crippen molar-refractivity contribution >= 4 is 11.6 Å². The summed E-state index contributed by atoms with van der Waals surface area (Å²) >= 11 is 0. The third kappa shape index (κ3) is 6.01. The summed E-state index contributed by atoms with van der Waals surface area (Å²) in [6.45, 7) is 0.312. The Balaban J connectivity index is 1.23. The number of ether oxygens (including phenoxy) is 1. The van der Waals surface area contributed by atoms with Crippen LogP contribution in [0.2, 0.25) is 0 Å². The van der Waals surface area contributed by atoms with E-state index in [-0.39, 0.29) is 11.7 Å². The van der Waals surface area contributed by atoms with Gasteiger partial charge in [-0.2, -0.15) is 0 Å². The number of rotatable bonds is 9. The zero-order valence-electron chi connectivity index (χ0n) is 17.3. The van der Waals surface area contributed by atoms with Crippen LogP contribution in [0.5, 0.6) is 5.75 Å². The van der Waals surface area contributed by atoms with Crippen LogP contribution in [0.25, 0.3) is 11.5 Å². The lowest BCUT2D eigenvalue weighted by Crippen LogP contribution is -2.11. The normalized spacial score (nSPS) is 10.7. The van der Waals surface area contributed by atoms with Crippen molar-refractivity contribution in [2.45, 2.75) is 25.9 Å². The largest absolute Gasteiger partial charge is 0.489 e. The Bertz CT molecular complexity index is 1160. The van der Waals surface area contributed by atoms with Gasteiger partial charge in [0.2, 0.25) is 17.7 Å². The Morgan fingerprint density at radius 2 is 1.78 bits per heavy atom. The number of amides is 1. The van der Waals surface area contributed by atoms with Gasteiger partial charge in [-0.15, -0.1) is 10.2 Å². The zero-order valence-corrected chi connectivity index (χ0v) is 17.3. The van der Waals surface area contributed by atoms with Gasteiger partial charge in [-0.1, -0.05) is 36.4 Å². The van der Waals surface area contributed by atoms with Gasteiger partial charge in [-0.3, -0.25) is 4.79 Å². The molecule has 1 heterocycles. The summed E-state index contributed by atoms with van der Waals surface area (Å²) in [6.07, 6.45) is 1.43. The SMILES string of the molecule is O=C(CCCc1nnc(-c2ccccc2)o1)Nc1cccc(OCc2ccc(F)cc2)c1. The minimum atomic E-state index is -0.283. The molecule has 4 aromatic rings. The number of hydrogen-bond donors (Lipinski definition) is 1. The van der Waals surface area contributed by atoms with E-state index in [9.17, 15) is 9.18 Å². The van der Waals surface area contributed by atoms with Crippen LogP contribution in [0, 0.1) is 5.82 Å². The van der Waals surface area contributed by atoms with Crippen LogP contribution in [0.15, 0.2) is 83.3 Å². The first-order valence-electron chi connectivity index (χ1n) is 10.3. The summed E-state index contributed by atoms with van der Waals surface area (Å²) in [5.74, 6) is 1.21.